The van der Waals surface area contributed by atoms with Gasteiger partial charge in [0.2, 0.25) is 11.8 Å². The number of piperidine rings is 1. The highest BCUT2D eigenvalue weighted by Gasteiger charge is 2.18. The number of anilines is 1. The Balaban J connectivity index is 0.00000264. The van der Waals surface area contributed by atoms with E-state index in [9.17, 15) is 9.59 Å². The lowest BCUT2D eigenvalue weighted by Crippen LogP contribution is -2.39. The van der Waals surface area contributed by atoms with Gasteiger partial charge < -0.3 is 20.7 Å². The molecule has 128 valence electrons. The highest BCUT2D eigenvalue weighted by Crippen LogP contribution is 2.17. The number of amides is 2. The lowest BCUT2D eigenvalue weighted by molar-refractivity contribution is -0.133. The summed E-state index contributed by atoms with van der Waals surface area (Å²) in [6.45, 7) is 1.55. The third-order valence-electron chi connectivity index (χ3n) is 3.67. The second kappa shape index (κ2) is 9.50. The fraction of sp³-hybridized carbons (Fsp3) is 0.500. The lowest BCUT2D eigenvalue weighted by atomic mass is 10.1. The first-order valence-corrected chi connectivity index (χ1v) is 7.52. The second-order valence-electron chi connectivity index (χ2n) is 5.52. The first-order chi connectivity index (χ1) is 10.6. The minimum absolute atomic E-state index is 0. The normalized spacial score (nSPS) is 15.7. The minimum atomic E-state index is -0.697. The first kappa shape index (κ1) is 19.4. The molecule has 6 nitrogen and oxygen atoms in total. The van der Waals surface area contributed by atoms with Gasteiger partial charge in [-0.1, -0.05) is 12.1 Å². The summed E-state index contributed by atoms with van der Waals surface area (Å²) in [7, 11) is 1.50. The molecular formula is C16H24ClN3O3. The molecule has 3 N–H and O–H groups in total. The standard InChI is InChI=1S/C16H23N3O3.ClH/c1-22-11-14(17)16(21)18-13-6-4-5-12(9-13)10-19-8-3-2-7-15(19)20;/h4-6,9,14H,2-3,7-8,10-11,17H2,1H3,(H,18,21);1H. The largest absolute Gasteiger partial charge is 0.383 e. The van der Waals surface area contributed by atoms with Crippen LogP contribution in [0.5, 0.6) is 0 Å². The van der Waals surface area contributed by atoms with Gasteiger partial charge in [-0.15, -0.1) is 12.4 Å². The van der Waals surface area contributed by atoms with Crippen LogP contribution in [0.15, 0.2) is 24.3 Å². The van der Waals surface area contributed by atoms with Crippen LogP contribution in [0.2, 0.25) is 0 Å². The van der Waals surface area contributed by atoms with Crippen molar-refractivity contribution >= 4 is 29.9 Å². The SMILES string of the molecule is COCC(N)C(=O)Nc1cccc(CN2CCCCC2=O)c1.Cl. The second-order valence-corrected chi connectivity index (χ2v) is 5.52. The zero-order valence-electron chi connectivity index (χ0n) is 13.3. The molecule has 1 aliphatic heterocycles. The van der Waals surface area contributed by atoms with Crippen molar-refractivity contribution < 1.29 is 14.3 Å². The molecule has 23 heavy (non-hydrogen) atoms. The highest BCUT2D eigenvalue weighted by molar-refractivity contribution is 5.94. The number of hydrogen-bond donors (Lipinski definition) is 2. The van der Waals surface area contributed by atoms with Crippen molar-refractivity contribution in [1.29, 1.82) is 0 Å². The molecule has 0 spiro atoms. The predicted molar refractivity (Wildman–Crippen MR) is 91.4 cm³/mol. The third-order valence-corrected chi connectivity index (χ3v) is 3.67. The number of halogens is 1. The van der Waals surface area contributed by atoms with E-state index in [4.69, 9.17) is 10.5 Å². The van der Waals surface area contributed by atoms with Gasteiger partial charge in [0.05, 0.1) is 6.61 Å². The summed E-state index contributed by atoms with van der Waals surface area (Å²) in [6, 6.07) is 6.80. The molecule has 2 rings (SSSR count). The Kier molecular flexibility index (Phi) is 8.02. The Labute approximate surface area is 142 Å². The van der Waals surface area contributed by atoms with Crippen LogP contribution in [-0.2, 0) is 20.9 Å². The topological polar surface area (TPSA) is 84.7 Å². The van der Waals surface area contributed by atoms with Crippen LogP contribution in [0.3, 0.4) is 0 Å². The van der Waals surface area contributed by atoms with Gasteiger partial charge in [0, 0.05) is 32.3 Å². The van der Waals surface area contributed by atoms with Gasteiger partial charge in [-0.3, -0.25) is 9.59 Å². The van der Waals surface area contributed by atoms with E-state index in [1.165, 1.54) is 7.11 Å². The molecule has 0 aromatic heterocycles. The van der Waals surface area contributed by atoms with E-state index in [1.807, 2.05) is 23.1 Å². The Hall–Kier alpha value is -1.63. The molecule has 7 heteroatoms. The molecule has 1 unspecified atom stereocenters. The Bertz CT molecular complexity index is 539. The number of benzene rings is 1. The number of nitrogens with one attached hydrogen (secondary N) is 1. The van der Waals surface area contributed by atoms with Gasteiger partial charge in [0.15, 0.2) is 0 Å². The van der Waals surface area contributed by atoms with E-state index in [0.29, 0.717) is 18.7 Å². The van der Waals surface area contributed by atoms with Crippen molar-refractivity contribution in [2.45, 2.75) is 31.8 Å². The Morgan fingerprint density at radius 2 is 2.22 bits per heavy atom. The van der Waals surface area contributed by atoms with E-state index in [2.05, 4.69) is 5.32 Å². The number of carbonyl (C=O) groups excluding carboxylic acids is 2. The third kappa shape index (κ3) is 5.82. The molecule has 1 aliphatic rings. The van der Waals surface area contributed by atoms with Crippen LogP contribution < -0.4 is 11.1 Å². The number of nitrogens with two attached hydrogens (primary N) is 1. The van der Waals surface area contributed by atoms with Gasteiger partial charge in [0.25, 0.3) is 0 Å². The number of likely N-dealkylation sites (tertiary alicyclic amines) is 1. The summed E-state index contributed by atoms with van der Waals surface area (Å²) in [5.41, 5.74) is 7.36. The molecule has 0 bridgehead atoms. The van der Waals surface area contributed by atoms with Crippen molar-refractivity contribution in [2.75, 3.05) is 25.6 Å². The average molecular weight is 342 g/mol. The fourth-order valence-corrected chi connectivity index (χ4v) is 2.49. The average Bonchev–Trinajstić information content (AvgIpc) is 2.50. The van der Waals surface area contributed by atoms with Crippen LogP contribution in [0.25, 0.3) is 0 Å². The van der Waals surface area contributed by atoms with Crippen molar-refractivity contribution in [2.24, 2.45) is 5.73 Å². The van der Waals surface area contributed by atoms with Gasteiger partial charge in [-0.25, -0.2) is 0 Å². The molecule has 2 amide bonds. The van der Waals surface area contributed by atoms with Crippen molar-refractivity contribution in [1.82, 2.24) is 4.90 Å². The number of methoxy groups -OCH3 is 1. The number of nitrogens with zero attached hydrogens (tertiary/aromatic N) is 1. The van der Waals surface area contributed by atoms with Crippen molar-refractivity contribution in [3.05, 3.63) is 29.8 Å². The molecule has 1 aromatic carbocycles. The van der Waals surface area contributed by atoms with Crippen LogP contribution in [-0.4, -0.2) is 43.0 Å². The van der Waals surface area contributed by atoms with Gasteiger partial charge in [-0.05, 0) is 30.5 Å². The monoisotopic (exact) mass is 341 g/mol. The highest BCUT2D eigenvalue weighted by atomic mass is 35.5. The van der Waals surface area contributed by atoms with E-state index >= 15 is 0 Å². The number of carbonyl (C=O) groups is 2. The zero-order chi connectivity index (χ0) is 15.9. The van der Waals surface area contributed by atoms with Gasteiger partial charge >= 0.3 is 0 Å². The molecular weight excluding hydrogens is 318 g/mol. The summed E-state index contributed by atoms with van der Waals surface area (Å²) in [5.74, 6) is -0.0872. The van der Waals surface area contributed by atoms with Crippen LogP contribution >= 0.6 is 12.4 Å². The fourth-order valence-electron chi connectivity index (χ4n) is 2.49. The van der Waals surface area contributed by atoms with Gasteiger partial charge in [-0.2, -0.15) is 0 Å². The summed E-state index contributed by atoms with van der Waals surface area (Å²) in [6.07, 6.45) is 2.65. The summed E-state index contributed by atoms with van der Waals surface area (Å²) >= 11 is 0. The molecule has 1 atom stereocenters. The molecule has 1 heterocycles. The van der Waals surface area contributed by atoms with Crippen molar-refractivity contribution in [3.8, 4) is 0 Å². The molecule has 0 aliphatic carbocycles. The minimum Gasteiger partial charge on any atom is -0.383 e. The van der Waals surface area contributed by atoms with Crippen LogP contribution in [0, 0.1) is 0 Å². The number of ether oxygens (including phenoxy) is 1. The number of rotatable bonds is 6. The Morgan fingerprint density at radius 1 is 1.43 bits per heavy atom. The summed E-state index contributed by atoms with van der Waals surface area (Å²) < 4.78 is 4.87. The van der Waals surface area contributed by atoms with Crippen LogP contribution in [0.4, 0.5) is 5.69 Å². The predicted octanol–water partition coefficient (Wildman–Crippen LogP) is 1.53. The summed E-state index contributed by atoms with van der Waals surface area (Å²) in [4.78, 5) is 25.6. The summed E-state index contributed by atoms with van der Waals surface area (Å²) in [5, 5.41) is 2.77. The van der Waals surface area contributed by atoms with E-state index in [0.717, 1.165) is 24.9 Å². The van der Waals surface area contributed by atoms with E-state index in [-0.39, 0.29) is 30.8 Å². The van der Waals surface area contributed by atoms with Gasteiger partial charge in [0.1, 0.15) is 6.04 Å². The van der Waals surface area contributed by atoms with E-state index in [1.54, 1.807) is 6.07 Å². The van der Waals surface area contributed by atoms with Crippen molar-refractivity contribution in [3.63, 3.8) is 0 Å². The maximum Gasteiger partial charge on any atom is 0.243 e. The molecule has 1 fully saturated rings. The molecule has 0 saturated carbocycles. The quantitative estimate of drug-likeness (QED) is 0.821. The smallest absolute Gasteiger partial charge is 0.243 e. The maximum absolute atomic E-state index is 11.9. The molecule has 1 aromatic rings. The van der Waals surface area contributed by atoms with E-state index < -0.39 is 6.04 Å². The molecule has 0 radical (unpaired) electrons. The zero-order valence-corrected chi connectivity index (χ0v) is 14.1. The maximum atomic E-state index is 11.9. The van der Waals surface area contributed by atoms with Crippen LogP contribution in [0.1, 0.15) is 24.8 Å². The lowest BCUT2D eigenvalue weighted by Gasteiger charge is -2.26. The first-order valence-electron chi connectivity index (χ1n) is 7.52. The number of hydrogen-bond acceptors (Lipinski definition) is 4. The molecule has 1 saturated heterocycles. The Morgan fingerprint density at radius 3 is 2.91 bits per heavy atom.